The van der Waals surface area contributed by atoms with Crippen LogP contribution in [-0.4, -0.2) is 28.7 Å². The second-order valence-electron chi connectivity index (χ2n) is 3.97. The number of nitrogens with two attached hydrogens (primary N) is 1. The monoisotopic (exact) mass is 268 g/mol. The average Bonchev–Trinajstić information content (AvgIpc) is 2.70. The number of aromatic nitrogens is 1. The maximum absolute atomic E-state index is 11.8. The van der Waals surface area contributed by atoms with Gasteiger partial charge in [0.2, 0.25) is 5.89 Å². The van der Waals surface area contributed by atoms with Gasteiger partial charge in [0.05, 0.1) is 0 Å². The molecule has 0 fully saturated rings. The molecule has 0 saturated heterocycles. The van der Waals surface area contributed by atoms with Crippen molar-refractivity contribution in [1.29, 1.82) is 0 Å². The van der Waals surface area contributed by atoms with Gasteiger partial charge in [-0.25, -0.2) is 4.98 Å². The molecule has 98 valence electrons. The summed E-state index contributed by atoms with van der Waals surface area (Å²) >= 11 is 0. The lowest BCUT2D eigenvalue weighted by Gasteiger charge is -1.98. The molecule has 2 rings (SSSR count). The minimum absolute atomic E-state index is 0.332. The Morgan fingerprint density at radius 3 is 3.11 bits per heavy atom. The first-order valence-electron chi connectivity index (χ1n) is 5.68. The maximum Gasteiger partial charge on any atom is 0.208 e. The van der Waals surface area contributed by atoms with E-state index < -0.39 is 10.8 Å². The fraction of sp³-hybridized carbons (Fsp3) is 0.417. The van der Waals surface area contributed by atoms with Crippen LogP contribution >= 0.6 is 0 Å². The molecule has 0 aliphatic heterocycles. The molecule has 1 atom stereocenters. The molecule has 1 heterocycles. The Morgan fingerprint density at radius 1 is 1.50 bits per heavy atom. The van der Waals surface area contributed by atoms with Crippen LogP contribution in [0.1, 0.15) is 12.3 Å². The molecule has 1 aromatic heterocycles. The van der Waals surface area contributed by atoms with Crippen molar-refractivity contribution in [3.8, 4) is 0 Å². The highest BCUT2D eigenvalue weighted by molar-refractivity contribution is 7.84. The summed E-state index contributed by atoms with van der Waals surface area (Å²) in [6.45, 7) is 0.621. The second kappa shape index (κ2) is 5.97. The van der Waals surface area contributed by atoms with Gasteiger partial charge in [0.25, 0.3) is 0 Å². The van der Waals surface area contributed by atoms with E-state index in [2.05, 4.69) is 4.98 Å². The van der Waals surface area contributed by atoms with Gasteiger partial charge in [-0.1, -0.05) is 0 Å². The highest BCUT2D eigenvalue weighted by atomic mass is 32.2. The summed E-state index contributed by atoms with van der Waals surface area (Å²) in [6, 6.07) is 5.29. The zero-order valence-corrected chi connectivity index (χ0v) is 11.0. The van der Waals surface area contributed by atoms with Crippen LogP contribution in [0.25, 0.3) is 11.1 Å². The predicted molar refractivity (Wildman–Crippen MR) is 71.6 cm³/mol. The smallest absolute Gasteiger partial charge is 0.208 e. The number of hydrogen-bond donors (Lipinski definition) is 1. The molecule has 0 amide bonds. The Kier molecular flexibility index (Phi) is 4.33. The maximum atomic E-state index is 11.8. The quantitative estimate of drug-likeness (QED) is 0.637. The third-order valence-electron chi connectivity index (χ3n) is 2.46. The van der Waals surface area contributed by atoms with Crippen molar-refractivity contribution in [2.45, 2.75) is 12.2 Å². The van der Waals surface area contributed by atoms with Crippen LogP contribution in [0, 0.1) is 0 Å². The Labute approximate surface area is 108 Å². The molecule has 5 nitrogen and oxygen atoms in total. The fourth-order valence-electron chi connectivity index (χ4n) is 1.62. The van der Waals surface area contributed by atoms with E-state index in [1.807, 2.05) is 0 Å². The molecular formula is C12H16N2O3S. The molecule has 18 heavy (non-hydrogen) atoms. The van der Waals surface area contributed by atoms with Crippen molar-refractivity contribution in [2.24, 2.45) is 0 Å². The van der Waals surface area contributed by atoms with E-state index in [0.717, 1.165) is 11.9 Å². The third-order valence-corrected chi connectivity index (χ3v) is 3.77. The molecule has 0 aliphatic carbocycles. The van der Waals surface area contributed by atoms with Gasteiger partial charge in [-0.2, -0.15) is 0 Å². The summed E-state index contributed by atoms with van der Waals surface area (Å²) in [5.74, 6) is 1.42. The van der Waals surface area contributed by atoms with Crippen LogP contribution in [0.5, 0.6) is 0 Å². The number of hydrogen-bond acceptors (Lipinski definition) is 5. The van der Waals surface area contributed by atoms with E-state index in [1.54, 1.807) is 25.3 Å². The Morgan fingerprint density at radius 2 is 2.33 bits per heavy atom. The molecule has 0 aliphatic rings. The number of anilines is 1. The van der Waals surface area contributed by atoms with Crippen LogP contribution in [0.3, 0.4) is 0 Å². The van der Waals surface area contributed by atoms with E-state index in [1.165, 1.54) is 0 Å². The second-order valence-corrected chi connectivity index (χ2v) is 5.55. The number of benzene rings is 1. The van der Waals surface area contributed by atoms with Gasteiger partial charge in [-0.05, 0) is 18.6 Å². The van der Waals surface area contributed by atoms with Crippen LogP contribution in [0.2, 0.25) is 0 Å². The highest BCUT2D eigenvalue weighted by Crippen LogP contribution is 2.19. The number of ether oxygens (including phenoxy) is 1. The SMILES string of the molecule is COCCCS(=O)Cc1nc2ccc(N)cc2o1. The Hall–Kier alpha value is -1.40. The van der Waals surface area contributed by atoms with Crippen molar-refractivity contribution in [3.63, 3.8) is 0 Å². The van der Waals surface area contributed by atoms with E-state index in [4.69, 9.17) is 14.9 Å². The lowest BCUT2D eigenvalue weighted by molar-refractivity contribution is 0.200. The van der Waals surface area contributed by atoms with E-state index in [-0.39, 0.29) is 0 Å². The van der Waals surface area contributed by atoms with E-state index >= 15 is 0 Å². The standard InChI is InChI=1S/C12H16N2O3S/c1-16-5-2-6-18(15)8-12-14-10-4-3-9(13)7-11(10)17-12/h3-4,7H,2,5-6,8,13H2,1H3. The molecule has 0 bridgehead atoms. The Bertz CT molecular complexity index is 553. The zero-order valence-electron chi connectivity index (χ0n) is 10.2. The number of fused-ring (bicyclic) bond motifs is 1. The van der Waals surface area contributed by atoms with Crippen molar-refractivity contribution >= 4 is 27.6 Å². The fourth-order valence-corrected chi connectivity index (χ4v) is 2.61. The number of methoxy groups -OCH3 is 1. The first kappa shape index (κ1) is 13.0. The minimum atomic E-state index is -0.972. The molecule has 0 saturated carbocycles. The van der Waals surface area contributed by atoms with Crippen LogP contribution in [-0.2, 0) is 21.3 Å². The van der Waals surface area contributed by atoms with Crippen molar-refractivity contribution in [3.05, 3.63) is 24.1 Å². The van der Waals surface area contributed by atoms with Crippen LogP contribution in [0.15, 0.2) is 22.6 Å². The normalized spacial score (nSPS) is 12.9. The average molecular weight is 268 g/mol. The lowest BCUT2D eigenvalue weighted by Crippen LogP contribution is -2.03. The van der Waals surface area contributed by atoms with Gasteiger partial charge >= 0.3 is 0 Å². The molecular weight excluding hydrogens is 252 g/mol. The van der Waals surface area contributed by atoms with Gasteiger partial charge in [0.1, 0.15) is 11.3 Å². The summed E-state index contributed by atoms with van der Waals surface area (Å²) in [4.78, 5) is 4.28. The predicted octanol–water partition coefficient (Wildman–Crippen LogP) is 1.70. The zero-order chi connectivity index (χ0) is 13.0. The van der Waals surface area contributed by atoms with Crippen molar-refractivity contribution < 1.29 is 13.4 Å². The molecule has 0 radical (unpaired) electrons. The van der Waals surface area contributed by atoms with Crippen LogP contribution < -0.4 is 5.73 Å². The first-order valence-corrected chi connectivity index (χ1v) is 7.16. The first-order chi connectivity index (χ1) is 8.69. The molecule has 1 unspecified atom stereocenters. The largest absolute Gasteiger partial charge is 0.440 e. The van der Waals surface area contributed by atoms with Gasteiger partial charge < -0.3 is 14.9 Å². The number of oxazole rings is 1. The topological polar surface area (TPSA) is 78.3 Å². The summed E-state index contributed by atoms with van der Waals surface area (Å²) in [7, 11) is 0.661. The van der Waals surface area contributed by atoms with Gasteiger partial charge in [-0.3, -0.25) is 4.21 Å². The highest BCUT2D eigenvalue weighted by Gasteiger charge is 2.09. The van der Waals surface area contributed by atoms with Crippen molar-refractivity contribution in [1.82, 2.24) is 4.98 Å². The molecule has 2 aromatic rings. The third kappa shape index (κ3) is 3.30. The summed E-state index contributed by atoms with van der Waals surface area (Å²) in [6.07, 6.45) is 0.774. The van der Waals surface area contributed by atoms with Gasteiger partial charge in [0, 0.05) is 42.0 Å². The number of nitrogens with zero attached hydrogens (tertiary/aromatic N) is 1. The summed E-state index contributed by atoms with van der Waals surface area (Å²) < 4.78 is 22.2. The molecule has 6 heteroatoms. The molecule has 2 N–H and O–H groups in total. The summed E-state index contributed by atoms with van der Waals surface area (Å²) in [5, 5.41) is 0. The van der Waals surface area contributed by atoms with E-state index in [0.29, 0.717) is 35.3 Å². The summed E-state index contributed by atoms with van der Waals surface area (Å²) in [5.41, 5.74) is 7.67. The minimum Gasteiger partial charge on any atom is -0.440 e. The number of nitrogen functional groups attached to an aromatic ring is 1. The number of rotatable bonds is 6. The van der Waals surface area contributed by atoms with E-state index in [9.17, 15) is 4.21 Å². The molecule has 1 aromatic carbocycles. The van der Waals surface area contributed by atoms with Crippen LogP contribution in [0.4, 0.5) is 5.69 Å². The van der Waals surface area contributed by atoms with Gasteiger partial charge in [0.15, 0.2) is 5.58 Å². The Balaban J connectivity index is 2.01. The molecule has 0 spiro atoms. The lowest BCUT2D eigenvalue weighted by atomic mass is 10.3. The van der Waals surface area contributed by atoms with Crippen molar-refractivity contribution in [2.75, 3.05) is 25.2 Å². The van der Waals surface area contributed by atoms with Gasteiger partial charge in [-0.15, -0.1) is 0 Å².